The van der Waals surface area contributed by atoms with Crippen molar-refractivity contribution in [2.75, 3.05) is 0 Å². The molecule has 0 heteroatoms. The lowest BCUT2D eigenvalue weighted by molar-refractivity contribution is 0.420. The Morgan fingerprint density at radius 3 is 2.38 bits per heavy atom. The molecule has 0 saturated heterocycles. The molecule has 0 radical (unpaired) electrons. The van der Waals surface area contributed by atoms with E-state index in [1.807, 2.05) is 0 Å². The summed E-state index contributed by atoms with van der Waals surface area (Å²) in [5.41, 5.74) is 1.59. The Labute approximate surface area is 80.0 Å². The van der Waals surface area contributed by atoms with E-state index in [2.05, 4.69) is 30.3 Å². The van der Waals surface area contributed by atoms with Gasteiger partial charge in [-0.3, -0.25) is 0 Å². The molecular formula is C13H16. The lowest BCUT2D eigenvalue weighted by Gasteiger charge is -2.21. The summed E-state index contributed by atoms with van der Waals surface area (Å²) in [6.07, 6.45) is 5.98. The highest BCUT2D eigenvalue weighted by Gasteiger charge is 2.39. The number of hydrogen-bond acceptors (Lipinski definition) is 0. The van der Waals surface area contributed by atoms with Gasteiger partial charge in [0.1, 0.15) is 0 Å². The Kier molecular flexibility index (Phi) is 1.68. The maximum absolute atomic E-state index is 2.31. The minimum absolute atomic E-state index is 0.903. The molecule has 2 aliphatic rings. The molecule has 2 saturated carbocycles. The topological polar surface area (TPSA) is 0 Å². The minimum Gasteiger partial charge on any atom is -0.0622 e. The molecule has 2 bridgehead atoms. The van der Waals surface area contributed by atoms with E-state index in [1.54, 1.807) is 5.56 Å². The van der Waals surface area contributed by atoms with E-state index >= 15 is 0 Å². The largest absolute Gasteiger partial charge is 0.0622 e. The van der Waals surface area contributed by atoms with Gasteiger partial charge < -0.3 is 0 Å². The number of hydrogen-bond donors (Lipinski definition) is 0. The Balaban J connectivity index is 1.87. The van der Waals surface area contributed by atoms with Gasteiger partial charge >= 0.3 is 0 Å². The van der Waals surface area contributed by atoms with Gasteiger partial charge in [0.2, 0.25) is 0 Å². The zero-order valence-corrected chi connectivity index (χ0v) is 7.95. The molecule has 0 aromatic heterocycles. The van der Waals surface area contributed by atoms with Crippen LogP contribution in [0.15, 0.2) is 30.3 Å². The van der Waals surface area contributed by atoms with E-state index in [9.17, 15) is 0 Å². The second kappa shape index (κ2) is 2.87. The molecule has 0 amide bonds. The van der Waals surface area contributed by atoms with Gasteiger partial charge in [-0.15, -0.1) is 0 Å². The van der Waals surface area contributed by atoms with E-state index in [0.29, 0.717) is 0 Å². The zero-order chi connectivity index (χ0) is 8.67. The van der Waals surface area contributed by atoms with Crippen LogP contribution >= 0.6 is 0 Å². The summed E-state index contributed by atoms with van der Waals surface area (Å²) in [5, 5.41) is 0. The highest BCUT2D eigenvalue weighted by atomic mass is 14.4. The molecule has 0 N–H and O–H groups in total. The molecular weight excluding hydrogens is 156 g/mol. The van der Waals surface area contributed by atoms with Crippen molar-refractivity contribution in [3.63, 3.8) is 0 Å². The number of benzene rings is 1. The molecule has 1 aromatic carbocycles. The second-order valence-corrected chi connectivity index (χ2v) is 4.69. The lowest BCUT2D eigenvalue weighted by Crippen LogP contribution is -2.07. The zero-order valence-electron chi connectivity index (χ0n) is 7.95. The molecule has 3 rings (SSSR count). The molecule has 2 aliphatic carbocycles. The third-order valence-corrected chi connectivity index (χ3v) is 3.97. The van der Waals surface area contributed by atoms with Crippen LogP contribution in [0.25, 0.3) is 0 Å². The summed E-state index contributed by atoms with van der Waals surface area (Å²) in [6.45, 7) is 0. The standard InChI is InChI=1S/C13H16/c1-2-4-11(5-3-1)13-9-10-6-7-12(13)8-10/h1-5,10,12-13H,6-9H2. The van der Waals surface area contributed by atoms with Crippen molar-refractivity contribution in [3.05, 3.63) is 35.9 Å². The highest BCUT2D eigenvalue weighted by molar-refractivity contribution is 5.22. The third-order valence-electron chi connectivity index (χ3n) is 3.97. The van der Waals surface area contributed by atoms with Gasteiger partial charge in [-0.25, -0.2) is 0 Å². The van der Waals surface area contributed by atoms with Crippen molar-refractivity contribution >= 4 is 0 Å². The van der Waals surface area contributed by atoms with Crippen molar-refractivity contribution in [3.8, 4) is 0 Å². The first kappa shape index (κ1) is 7.61. The van der Waals surface area contributed by atoms with Crippen molar-refractivity contribution in [2.45, 2.75) is 31.6 Å². The van der Waals surface area contributed by atoms with Gasteiger partial charge in [-0.1, -0.05) is 36.8 Å². The van der Waals surface area contributed by atoms with Crippen LogP contribution in [0.3, 0.4) is 0 Å². The normalized spacial score (nSPS) is 36.8. The fourth-order valence-corrected chi connectivity index (χ4v) is 3.35. The molecule has 1 aromatic rings. The van der Waals surface area contributed by atoms with Crippen LogP contribution in [-0.2, 0) is 0 Å². The fourth-order valence-electron chi connectivity index (χ4n) is 3.35. The Bertz CT molecular complexity index is 288. The molecule has 3 atom stereocenters. The average Bonchev–Trinajstić information content (AvgIpc) is 2.80. The van der Waals surface area contributed by atoms with Crippen molar-refractivity contribution in [2.24, 2.45) is 11.8 Å². The van der Waals surface area contributed by atoms with Crippen LogP contribution in [0.4, 0.5) is 0 Å². The van der Waals surface area contributed by atoms with Crippen LogP contribution in [0.1, 0.15) is 37.2 Å². The van der Waals surface area contributed by atoms with Gasteiger partial charge in [-0.05, 0) is 42.6 Å². The smallest absolute Gasteiger partial charge is 0.0131 e. The second-order valence-electron chi connectivity index (χ2n) is 4.69. The molecule has 0 spiro atoms. The predicted molar refractivity (Wildman–Crippen MR) is 54.6 cm³/mol. The van der Waals surface area contributed by atoms with Crippen LogP contribution in [-0.4, -0.2) is 0 Å². The molecule has 0 heterocycles. The Morgan fingerprint density at radius 1 is 0.923 bits per heavy atom. The molecule has 3 unspecified atom stereocenters. The van der Waals surface area contributed by atoms with Gasteiger partial charge in [0.25, 0.3) is 0 Å². The fraction of sp³-hybridized carbons (Fsp3) is 0.538. The minimum atomic E-state index is 0.903. The number of fused-ring (bicyclic) bond motifs is 2. The summed E-state index contributed by atoms with van der Waals surface area (Å²) in [6, 6.07) is 11.1. The first-order chi connectivity index (χ1) is 6.43. The average molecular weight is 172 g/mol. The van der Waals surface area contributed by atoms with Gasteiger partial charge in [0.05, 0.1) is 0 Å². The monoisotopic (exact) mass is 172 g/mol. The van der Waals surface area contributed by atoms with E-state index in [-0.39, 0.29) is 0 Å². The summed E-state index contributed by atoms with van der Waals surface area (Å²) < 4.78 is 0. The summed E-state index contributed by atoms with van der Waals surface area (Å²) >= 11 is 0. The van der Waals surface area contributed by atoms with Gasteiger partial charge in [0, 0.05) is 0 Å². The van der Waals surface area contributed by atoms with E-state index in [4.69, 9.17) is 0 Å². The van der Waals surface area contributed by atoms with Crippen molar-refractivity contribution in [1.82, 2.24) is 0 Å². The highest BCUT2D eigenvalue weighted by Crippen LogP contribution is 2.52. The molecule has 68 valence electrons. The third kappa shape index (κ3) is 1.20. The SMILES string of the molecule is c1ccc(C2CC3CCC2C3)cc1. The number of rotatable bonds is 1. The first-order valence-corrected chi connectivity index (χ1v) is 5.48. The summed E-state index contributed by atoms with van der Waals surface area (Å²) in [7, 11) is 0. The van der Waals surface area contributed by atoms with Gasteiger partial charge in [-0.2, -0.15) is 0 Å². The quantitative estimate of drug-likeness (QED) is 0.607. The molecule has 2 fully saturated rings. The summed E-state index contributed by atoms with van der Waals surface area (Å²) in [4.78, 5) is 0. The molecule has 0 nitrogen and oxygen atoms in total. The summed E-state index contributed by atoms with van der Waals surface area (Å²) in [5.74, 6) is 2.99. The molecule has 13 heavy (non-hydrogen) atoms. The van der Waals surface area contributed by atoms with Crippen LogP contribution in [0.2, 0.25) is 0 Å². The Hall–Kier alpha value is -0.780. The van der Waals surface area contributed by atoms with E-state index in [0.717, 1.165) is 17.8 Å². The van der Waals surface area contributed by atoms with Crippen molar-refractivity contribution in [1.29, 1.82) is 0 Å². The van der Waals surface area contributed by atoms with Crippen molar-refractivity contribution < 1.29 is 0 Å². The van der Waals surface area contributed by atoms with E-state index in [1.165, 1.54) is 25.7 Å². The van der Waals surface area contributed by atoms with E-state index < -0.39 is 0 Å². The molecule has 0 aliphatic heterocycles. The van der Waals surface area contributed by atoms with Gasteiger partial charge in [0.15, 0.2) is 0 Å². The maximum atomic E-state index is 2.31. The maximum Gasteiger partial charge on any atom is -0.0131 e. The lowest BCUT2D eigenvalue weighted by atomic mass is 9.84. The van der Waals surface area contributed by atoms with Crippen LogP contribution in [0.5, 0.6) is 0 Å². The Morgan fingerprint density at radius 2 is 1.77 bits per heavy atom. The van der Waals surface area contributed by atoms with Crippen LogP contribution < -0.4 is 0 Å². The predicted octanol–water partition coefficient (Wildman–Crippen LogP) is 3.59. The first-order valence-electron chi connectivity index (χ1n) is 5.48. The van der Waals surface area contributed by atoms with Crippen LogP contribution in [0, 0.1) is 11.8 Å².